The number of rotatable bonds is 1. The van der Waals surface area contributed by atoms with Crippen LogP contribution in [0, 0.1) is 0 Å². The zero-order valence-electron chi connectivity index (χ0n) is 7.68. The van der Waals surface area contributed by atoms with E-state index < -0.39 is 0 Å². The van der Waals surface area contributed by atoms with Gasteiger partial charge in [-0.2, -0.15) is 0 Å². The van der Waals surface area contributed by atoms with E-state index in [4.69, 9.17) is 17.2 Å². The normalized spacial score (nSPS) is 27.5. The predicted octanol–water partition coefficient (Wildman–Crippen LogP) is 1.20. The molecule has 2 nitrogen and oxygen atoms in total. The average molecular weight is 152 g/mol. The van der Waals surface area contributed by atoms with Crippen LogP contribution in [-0.2, 0) is 9.31 Å². The monoisotopic (exact) mass is 152 g/mol. The first kappa shape index (κ1) is 9.14. The van der Waals surface area contributed by atoms with Gasteiger partial charge in [-0.25, -0.2) is 0 Å². The topological polar surface area (TPSA) is 18.5 Å². The molecule has 0 amide bonds. The van der Waals surface area contributed by atoms with Crippen LogP contribution in [-0.4, -0.2) is 26.2 Å². The van der Waals surface area contributed by atoms with Gasteiger partial charge in [-0.1, -0.05) is 6.22 Å². The summed E-state index contributed by atoms with van der Waals surface area (Å²) < 4.78 is 11.1. The SMILES string of the molecule is [B]CB1OC(C)(C)C(C)(C)O1. The fourth-order valence-corrected chi connectivity index (χ4v) is 1.06. The summed E-state index contributed by atoms with van der Waals surface area (Å²) in [5.74, 6) is 0. The van der Waals surface area contributed by atoms with Crippen molar-refractivity contribution in [2.24, 2.45) is 0 Å². The van der Waals surface area contributed by atoms with Crippen LogP contribution in [0.2, 0.25) is 6.22 Å². The van der Waals surface area contributed by atoms with Gasteiger partial charge >= 0.3 is 7.12 Å². The van der Waals surface area contributed by atoms with Crippen LogP contribution in [0.3, 0.4) is 0 Å². The van der Waals surface area contributed by atoms with Gasteiger partial charge in [0.1, 0.15) is 0 Å². The molecule has 0 saturated carbocycles. The second-order valence-electron chi connectivity index (χ2n) is 3.92. The minimum atomic E-state index is -0.239. The molecule has 1 aliphatic rings. The van der Waals surface area contributed by atoms with E-state index in [1.54, 1.807) is 0 Å². The molecule has 1 saturated heterocycles. The molecule has 1 heterocycles. The molecule has 0 bridgehead atoms. The Hall–Kier alpha value is 0.0499. The molecular formula is C7H14B2O2. The highest BCUT2D eigenvalue weighted by molar-refractivity contribution is 6.54. The van der Waals surface area contributed by atoms with Crippen molar-refractivity contribution in [3.8, 4) is 0 Å². The molecule has 60 valence electrons. The molecule has 0 aromatic heterocycles. The van der Waals surface area contributed by atoms with E-state index in [1.807, 2.05) is 27.7 Å². The second-order valence-corrected chi connectivity index (χ2v) is 3.92. The van der Waals surface area contributed by atoms with E-state index in [2.05, 4.69) is 0 Å². The Kier molecular flexibility index (Phi) is 2.10. The first-order valence-electron chi connectivity index (χ1n) is 3.95. The Balaban J connectivity index is 2.72. The largest absolute Gasteiger partial charge is 0.448 e. The van der Waals surface area contributed by atoms with Gasteiger partial charge in [0.25, 0.3) is 0 Å². The Bertz CT molecular complexity index is 141. The Labute approximate surface area is 70.2 Å². The molecule has 0 aromatic rings. The molecule has 0 aliphatic carbocycles. The van der Waals surface area contributed by atoms with Crippen LogP contribution in [0.5, 0.6) is 0 Å². The van der Waals surface area contributed by atoms with Gasteiger partial charge in [-0.3, -0.25) is 0 Å². The zero-order chi connectivity index (χ0) is 8.70. The zero-order valence-corrected chi connectivity index (χ0v) is 7.68. The van der Waals surface area contributed by atoms with E-state index >= 15 is 0 Å². The highest BCUT2D eigenvalue weighted by atomic mass is 16.7. The first-order valence-corrected chi connectivity index (χ1v) is 3.95. The average Bonchev–Trinajstić information content (AvgIpc) is 2.03. The number of hydrogen-bond acceptors (Lipinski definition) is 2. The van der Waals surface area contributed by atoms with Crippen molar-refractivity contribution in [3.63, 3.8) is 0 Å². The summed E-state index contributed by atoms with van der Waals surface area (Å²) in [6.07, 6.45) is 0.423. The lowest BCUT2D eigenvalue weighted by molar-refractivity contribution is 0.00578. The summed E-state index contributed by atoms with van der Waals surface area (Å²) in [6, 6.07) is 0. The van der Waals surface area contributed by atoms with E-state index in [1.165, 1.54) is 0 Å². The van der Waals surface area contributed by atoms with E-state index in [9.17, 15) is 0 Å². The third kappa shape index (κ3) is 1.47. The van der Waals surface area contributed by atoms with Crippen molar-refractivity contribution in [1.82, 2.24) is 0 Å². The molecule has 0 unspecified atom stereocenters. The van der Waals surface area contributed by atoms with Crippen LogP contribution in [0.25, 0.3) is 0 Å². The lowest BCUT2D eigenvalue weighted by Gasteiger charge is -2.32. The van der Waals surface area contributed by atoms with Crippen LogP contribution in [0.1, 0.15) is 27.7 Å². The third-order valence-electron chi connectivity index (χ3n) is 2.49. The predicted molar refractivity (Wildman–Crippen MR) is 46.6 cm³/mol. The molecule has 1 rings (SSSR count). The summed E-state index contributed by atoms with van der Waals surface area (Å²) >= 11 is 0. The van der Waals surface area contributed by atoms with Crippen LogP contribution in [0.4, 0.5) is 0 Å². The van der Waals surface area contributed by atoms with Crippen molar-refractivity contribution < 1.29 is 9.31 Å². The molecule has 0 spiro atoms. The summed E-state index contributed by atoms with van der Waals surface area (Å²) in [5.41, 5.74) is -0.478. The Morgan fingerprint density at radius 1 is 1.09 bits per heavy atom. The highest BCUT2D eigenvalue weighted by Crippen LogP contribution is 2.37. The van der Waals surface area contributed by atoms with Gasteiger partial charge in [0.15, 0.2) is 0 Å². The maximum Gasteiger partial charge on any atom is 0.448 e. The lowest BCUT2D eigenvalue weighted by atomic mass is 9.73. The van der Waals surface area contributed by atoms with Gasteiger partial charge in [-0.15, -0.1) is 0 Å². The molecule has 0 atom stereocenters. The van der Waals surface area contributed by atoms with Gasteiger partial charge in [0.05, 0.1) is 19.0 Å². The molecule has 1 aliphatic heterocycles. The van der Waals surface area contributed by atoms with Crippen molar-refractivity contribution in [1.29, 1.82) is 0 Å². The fraction of sp³-hybridized carbons (Fsp3) is 1.00. The Morgan fingerprint density at radius 3 is 1.64 bits per heavy atom. The quantitative estimate of drug-likeness (QED) is 0.525. The van der Waals surface area contributed by atoms with Crippen LogP contribution >= 0.6 is 0 Å². The van der Waals surface area contributed by atoms with Crippen molar-refractivity contribution in [2.45, 2.75) is 45.1 Å². The second kappa shape index (κ2) is 2.53. The molecule has 0 N–H and O–H groups in total. The summed E-state index contributed by atoms with van der Waals surface area (Å²) in [7, 11) is 5.19. The van der Waals surface area contributed by atoms with Crippen LogP contribution < -0.4 is 0 Å². The van der Waals surface area contributed by atoms with E-state index in [-0.39, 0.29) is 18.3 Å². The van der Waals surface area contributed by atoms with E-state index in [0.717, 1.165) is 0 Å². The maximum absolute atomic E-state index is 5.57. The van der Waals surface area contributed by atoms with Crippen molar-refractivity contribution in [2.75, 3.05) is 0 Å². The van der Waals surface area contributed by atoms with Gasteiger partial charge in [0, 0.05) is 0 Å². The molecule has 0 aromatic carbocycles. The smallest absolute Gasteiger partial charge is 0.404 e. The van der Waals surface area contributed by atoms with Gasteiger partial charge in [-0.05, 0) is 27.7 Å². The Morgan fingerprint density at radius 2 is 1.45 bits per heavy atom. The van der Waals surface area contributed by atoms with Crippen LogP contribution in [0.15, 0.2) is 0 Å². The summed E-state index contributed by atoms with van der Waals surface area (Å²) in [6.45, 7) is 8.07. The van der Waals surface area contributed by atoms with Gasteiger partial charge in [0.2, 0.25) is 0 Å². The summed E-state index contributed by atoms with van der Waals surface area (Å²) in [4.78, 5) is 0. The fourth-order valence-electron chi connectivity index (χ4n) is 1.06. The molecule has 2 radical (unpaired) electrons. The lowest BCUT2D eigenvalue weighted by Crippen LogP contribution is -2.41. The van der Waals surface area contributed by atoms with Gasteiger partial charge < -0.3 is 9.31 Å². The number of hydrogen-bond donors (Lipinski definition) is 0. The van der Waals surface area contributed by atoms with E-state index in [0.29, 0.717) is 6.22 Å². The maximum atomic E-state index is 5.57. The van der Waals surface area contributed by atoms with Crippen molar-refractivity contribution in [3.05, 3.63) is 0 Å². The molecule has 1 fully saturated rings. The molecular weight excluding hydrogens is 138 g/mol. The first-order chi connectivity index (χ1) is 4.89. The molecule has 11 heavy (non-hydrogen) atoms. The van der Waals surface area contributed by atoms with Crippen molar-refractivity contribution >= 4 is 15.0 Å². The standard InChI is InChI=1S/C7H14B2O2/c1-6(2)7(3,4)11-9(5-8)10-6/h5H2,1-4H3. The summed E-state index contributed by atoms with van der Waals surface area (Å²) in [5, 5.41) is 0. The minimum absolute atomic E-state index is 0.236. The highest BCUT2D eigenvalue weighted by Gasteiger charge is 2.49. The minimum Gasteiger partial charge on any atom is -0.404 e. The third-order valence-corrected chi connectivity index (χ3v) is 2.49. The molecule has 4 heteroatoms.